The van der Waals surface area contributed by atoms with Crippen molar-refractivity contribution in [2.75, 3.05) is 0 Å². The molecule has 1 aromatic carbocycles. The Bertz CT molecular complexity index is 790. The summed E-state index contributed by atoms with van der Waals surface area (Å²) in [6.07, 6.45) is 0. The van der Waals surface area contributed by atoms with Gasteiger partial charge in [0, 0.05) is 12.1 Å². The van der Waals surface area contributed by atoms with Crippen molar-refractivity contribution in [3.63, 3.8) is 0 Å². The van der Waals surface area contributed by atoms with Gasteiger partial charge in [0.15, 0.2) is 5.82 Å². The number of nitrogens with two attached hydrogens (primary N) is 1. The van der Waals surface area contributed by atoms with E-state index in [-0.39, 0.29) is 5.54 Å². The maximum absolute atomic E-state index is 5.76. The second-order valence-corrected chi connectivity index (χ2v) is 7.32. The predicted molar refractivity (Wildman–Crippen MR) is 90.7 cm³/mol. The summed E-state index contributed by atoms with van der Waals surface area (Å²) in [4.78, 5) is 6.15. The molecule has 2 heterocycles. The minimum atomic E-state index is -0.0231. The molecule has 0 amide bonds. The SMILES string of the molecule is Cc1ccsc1-c1nc2cc(CN)ccc2n1C(C)(C)C. The van der Waals surface area contributed by atoms with Crippen LogP contribution in [0.2, 0.25) is 0 Å². The molecule has 0 saturated carbocycles. The van der Waals surface area contributed by atoms with Crippen molar-refractivity contribution in [2.24, 2.45) is 5.73 Å². The lowest BCUT2D eigenvalue weighted by Gasteiger charge is -2.24. The zero-order valence-electron chi connectivity index (χ0n) is 13.0. The molecule has 0 unspecified atom stereocenters. The molecule has 110 valence electrons. The van der Waals surface area contributed by atoms with E-state index >= 15 is 0 Å². The van der Waals surface area contributed by atoms with E-state index in [1.54, 1.807) is 11.3 Å². The summed E-state index contributed by atoms with van der Waals surface area (Å²) in [7, 11) is 0. The molecular formula is C17H21N3S. The number of rotatable bonds is 2. The topological polar surface area (TPSA) is 43.8 Å². The number of benzene rings is 1. The number of thiophene rings is 1. The first-order valence-electron chi connectivity index (χ1n) is 7.18. The maximum atomic E-state index is 5.76. The Morgan fingerprint density at radius 1 is 1.24 bits per heavy atom. The van der Waals surface area contributed by atoms with Crippen LogP contribution in [0.3, 0.4) is 0 Å². The Morgan fingerprint density at radius 3 is 2.57 bits per heavy atom. The third-order valence-corrected chi connectivity index (χ3v) is 4.70. The van der Waals surface area contributed by atoms with Crippen LogP contribution >= 0.6 is 11.3 Å². The lowest BCUT2D eigenvalue weighted by molar-refractivity contribution is 0.413. The van der Waals surface area contributed by atoms with Crippen LogP contribution in [-0.2, 0) is 12.1 Å². The third-order valence-electron chi connectivity index (χ3n) is 3.69. The minimum Gasteiger partial charge on any atom is -0.326 e. The quantitative estimate of drug-likeness (QED) is 0.767. The number of fused-ring (bicyclic) bond motifs is 1. The van der Waals surface area contributed by atoms with E-state index in [4.69, 9.17) is 10.7 Å². The van der Waals surface area contributed by atoms with E-state index < -0.39 is 0 Å². The second-order valence-electron chi connectivity index (χ2n) is 6.40. The van der Waals surface area contributed by atoms with Crippen molar-refractivity contribution < 1.29 is 0 Å². The zero-order valence-corrected chi connectivity index (χ0v) is 13.8. The van der Waals surface area contributed by atoms with E-state index in [9.17, 15) is 0 Å². The first-order chi connectivity index (χ1) is 9.91. The van der Waals surface area contributed by atoms with Crippen molar-refractivity contribution in [2.45, 2.75) is 39.8 Å². The molecule has 0 radical (unpaired) electrons. The Morgan fingerprint density at radius 2 is 2.00 bits per heavy atom. The highest BCUT2D eigenvalue weighted by atomic mass is 32.1. The average molecular weight is 299 g/mol. The summed E-state index contributed by atoms with van der Waals surface area (Å²) in [5.74, 6) is 1.05. The molecule has 0 aliphatic carbocycles. The fourth-order valence-electron chi connectivity index (χ4n) is 2.69. The number of aryl methyl sites for hydroxylation is 1. The van der Waals surface area contributed by atoms with Gasteiger partial charge in [-0.05, 0) is 62.4 Å². The summed E-state index contributed by atoms with van der Waals surface area (Å²) in [6.45, 7) is 9.35. The molecule has 0 bridgehead atoms. The Hall–Kier alpha value is -1.65. The van der Waals surface area contributed by atoms with E-state index in [1.165, 1.54) is 16.0 Å². The minimum absolute atomic E-state index is 0.0231. The lowest BCUT2D eigenvalue weighted by atomic mass is 10.1. The Kier molecular flexibility index (Phi) is 3.38. The van der Waals surface area contributed by atoms with Crippen LogP contribution in [-0.4, -0.2) is 9.55 Å². The molecule has 3 aromatic rings. The van der Waals surface area contributed by atoms with Crippen molar-refractivity contribution in [1.82, 2.24) is 9.55 Å². The van der Waals surface area contributed by atoms with Gasteiger partial charge in [0.2, 0.25) is 0 Å². The number of hydrogen-bond donors (Lipinski definition) is 1. The van der Waals surface area contributed by atoms with Gasteiger partial charge in [-0.15, -0.1) is 11.3 Å². The van der Waals surface area contributed by atoms with Crippen molar-refractivity contribution in [3.05, 3.63) is 40.8 Å². The summed E-state index contributed by atoms with van der Waals surface area (Å²) < 4.78 is 2.33. The van der Waals surface area contributed by atoms with E-state index in [0.717, 1.165) is 16.9 Å². The molecule has 0 spiro atoms. The largest absolute Gasteiger partial charge is 0.326 e. The van der Waals surface area contributed by atoms with Crippen molar-refractivity contribution in [1.29, 1.82) is 0 Å². The van der Waals surface area contributed by atoms with E-state index in [1.807, 2.05) is 0 Å². The lowest BCUT2D eigenvalue weighted by Crippen LogP contribution is -2.22. The molecular weight excluding hydrogens is 278 g/mol. The van der Waals surface area contributed by atoms with Gasteiger partial charge in [0.1, 0.15) is 0 Å². The summed E-state index contributed by atoms with van der Waals surface area (Å²) >= 11 is 1.75. The summed E-state index contributed by atoms with van der Waals surface area (Å²) in [6, 6.07) is 8.49. The van der Waals surface area contributed by atoms with Crippen LogP contribution in [0.15, 0.2) is 29.6 Å². The maximum Gasteiger partial charge on any atom is 0.152 e. The normalized spacial score (nSPS) is 12.2. The van der Waals surface area contributed by atoms with E-state index in [0.29, 0.717) is 6.54 Å². The number of hydrogen-bond acceptors (Lipinski definition) is 3. The van der Waals surface area contributed by atoms with Crippen molar-refractivity contribution >= 4 is 22.4 Å². The first kappa shape index (κ1) is 14.3. The molecule has 0 atom stereocenters. The fraction of sp³-hybridized carbons (Fsp3) is 0.353. The van der Waals surface area contributed by atoms with Crippen LogP contribution in [0, 0.1) is 6.92 Å². The molecule has 2 N–H and O–H groups in total. The third kappa shape index (κ3) is 2.39. The summed E-state index contributed by atoms with van der Waals surface area (Å²) in [5, 5.41) is 2.13. The van der Waals surface area contributed by atoms with Gasteiger partial charge in [0.25, 0.3) is 0 Å². The molecule has 0 aliphatic heterocycles. The standard InChI is InChI=1S/C17H21N3S/c1-11-7-8-21-15(11)16-19-13-9-12(10-18)5-6-14(13)20(16)17(2,3)4/h5-9H,10,18H2,1-4H3. The van der Waals surface area contributed by atoms with Crippen LogP contribution < -0.4 is 5.73 Å². The highest BCUT2D eigenvalue weighted by molar-refractivity contribution is 7.13. The monoisotopic (exact) mass is 299 g/mol. The van der Waals surface area contributed by atoms with Crippen LogP contribution in [0.4, 0.5) is 0 Å². The van der Waals surface area contributed by atoms with Gasteiger partial charge >= 0.3 is 0 Å². The Labute approximate surface area is 129 Å². The molecule has 4 heteroatoms. The van der Waals surface area contributed by atoms with Crippen molar-refractivity contribution in [3.8, 4) is 10.7 Å². The van der Waals surface area contributed by atoms with Gasteiger partial charge in [-0.1, -0.05) is 6.07 Å². The molecule has 3 rings (SSSR count). The van der Waals surface area contributed by atoms with Gasteiger partial charge < -0.3 is 10.3 Å². The number of imidazole rings is 1. The van der Waals surface area contributed by atoms with E-state index in [2.05, 4.69) is 61.9 Å². The Balaban J connectivity index is 2.35. The fourth-order valence-corrected chi connectivity index (χ4v) is 3.59. The molecule has 21 heavy (non-hydrogen) atoms. The average Bonchev–Trinajstić information content (AvgIpc) is 2.99. The summed E-state index contributed by atoms with van der Waals surface area (Å²) in [5.41, 5.74) is 10.3. The number of nitrogens with zero attached hydrogens (tertiary/aromatic N) is 2. The first-order valence-corrected chi connectivity index (χ1v) is 8.06. The van der Waals surface area contributed by atoms with Crippen LogP contribution in [0.25, 0.3) is 21.7 Å². The highest BCUT2D eigenvalue weighted by Gasteiger charge is 2.23. The molecule has 2 aromatic heterocycles. The predicted octanol–water partition coefficient (Wildman–Crippen LogP) is 4.29. The van der Waals surface area contributed by atoms with Crippen LogP contribution in [0.5, 0.6) is 0 Å². The van der Waals surface area contributed by atoms with Gasteiger partial charge in [-0.3, -0.25) is 0 Å². The molecule has 3 nitrogen and oxygen atoms in total. The number of aromatic nitrogens is 2. The molecule has 0 saturated heterocycles. The van der Waals surface area contributed by atoms with Crippen LogP contribution in [0.1, 0.15) is 31.9 Å². The molecule has 0 fully saturated rings. The highest BCUT2D eigenvalue weighted by Crippen LogP contribution is 2.35. The van der Waals surface area contributed by atoms with Gasteiger partial charge in [-0.2, -0.15) is 0 Å². The molecule has 0 aliphatic rings. The van der Waals surface area contributed by atoms with Gasteiger partial charge in [0.05, 0.1) is 15.9 Å². The smallest absolute Gasteiger partial charge is 0.152 e. The zero-order chi connectivity index (χ0) is 15.2. The second kappa shape index (κ2) is 4.97. The van der Waals surface area contributed by atoms with Gasteiger partial charge in [-0.25, -0.2) is 4.98 Å².